The average Bonchev–Trinajstić information content (AvgIpc) is 2.29. The molecule has 1 aliphatic heterocycles. The van der Waals surface area contributed by atoms with Gasteiger partial charge in [-0.15, -0.1) is 0 Å². The number of aromatic hydroxyl groups is 1. The van der Waals surface area contributed by atoms with E-state index >= 15 is 0 Å². The lowest BCUT2D eigenvalue weighted by Crippen LogP contribution is -2.43. The molecule has 5 nitrogen and oxygen atoms in total. The molecular formula is C12H12O5. The van der Waals surface area contributed by atoms with Crippen LogP contribution < -0.4 is 0 Å². The van der Waals surface area contributed by atoms with Gasteiger partial charge in [-0.05, 0) is 24.6 Å². The first-order valence-electron chi connectivity index (χ1n) is 5.25. The molecule has 0 aromatic heterocycles. The third-order valence-electron chi connectivity index (χ3n) is 2.50. The van der Waals surface area contributed by atoms with Crippen molar-refractivity contribution in [2.75, 3.05) is 0 Å². The molecule has 1 aromatic carbocycles. The van der Waals surface area contributed by atoms with Gasteiger partial charge < -0.3 is 14.6 Å². The minimum atomic E-state index is -0.900. The molecule has 0 bridgehead atoms. The van der Waals surface area contributed by atoms with Crippen molar-refractivity contribution in [2.45, 2.75) is 25.6 Å². The lowest BCUT2D eigenvalue weighted by Gasteiger charge is -2.25. The van der Waals surface area contributed by atoms with E-state index in [-0.39, 0.29) is 12.2 Å². The lowest BCUT2D eigenvalue weighted by molar-refractivity contribution is -0.193. The minimum absolute atomic E-state index is 0.144. The Labute approximate surface area is 98.0 Å². The first kappa shape index (κ1) is 11.4. The number of rotatable bonds is 2. The summed E-state index contributed by atoms with van der Waals surface area (Å²) >= 11 is 0. The quantitative estimate of drug-likeness (QED) is 0.768. The van der Waals surface area contributed by atoms with Gasteiger partial charge in [0.25, 0.3) is 0 Å². The van der Waals surface area contributed by atoms with Crippen LogP contribution in [0.15, 0.2) is 24.3 Å². The predicted molar refractivity (Wildman–Crippen MR) is 57.2 cm³/mol. The van der Waals surface area contributed by atoms with Gasteiger partial charge in [-0.2, -0.15) is 0 Å². The maximum Gasteiger partial charge on any atom is 0.348 e. The molecule has 1 saturated heterocycles. The molecule has 0 aliphatic carbocycles. The Kier molecular flexibility index (Phi) is 2.99. The highest BCUT2D eigenvalue weighted by Crippen LogP contribution is 2.17. The molecule has 1 fully saturated rings. The Morgan fingerprint density at radius 1 is 1.12 bits per heavy atom. The van der Waals surface area contributed by atoms with Crippen LogP contribution in [0.25, 0.3) is 0 Å². The molecule has 1 aromatic rings. The third kappa shape index (κ3) is 2.55. The highest BCUT2D eigenvalue weighted by Gasteiger charge is 2.35. The van der Waals surface area contributed by atoms with Crippen molar-refractivity contribution in [3.8, 4) is 5.75 Å². The van der Waals surface area contributed by atoms with E-state index in [0.717, 1.165) is 5.56 Å². The Morgan fingerprint density at radius 2 is 1.76 bits per heavy atom. The largest absolute Gasteiger partial charge is 0.508 e. The van der Waals surface area contributed by atoms with Gasteiger partial charge in [0.2, 0.25) is 6.10 Å². The average molecular weight is 236 g/mol. The Balaban J connectivity index is 2.06. The fourth-order valence-electron chi connectivity index (χ4n) is 1.55. The molecular weight excluding hydrogens is 224 g/mol. The molecule has 0 radical (unpaired) electrons. The van der Waals surface area contributed by atoms with Crippen molar-refractivity contribution in [3.05, 3.63) is 29.8 Å². The maximum atomic E-state index is 11.5. The maximum absolute atomic E-state index is 11.5. The molecule has 0 spiro atoms. The van der Waals surface area contributed by atoms with Crippen molar-refractivity contribution >= 4 is 11.9 Å². The number of phenols is 1. The van der Waals surface area contributed by atoms with Crippen molar-refractivity contribution in [1.29, 1.82) is 0 Å². The number of ether oxygens (including phenoxy) is 2. The van der Waals surface area contributed by atoms with Gasteiger partial charge in [0.1, 0.15) is 5.75 Å². The first-order chi connectivity index (χ1) is 8.06. The highest BCUT2D eigenvalue weighted by atomic mass is 16.6. The SMILES string of the molecule is CC1OC(=O)[C@@H](Cc2ccc(O)cc2)OC1=O. The zero-order valence-corrected chi connectivity index (χ0v) is 9.25. The van der Waals surface area contributed by atoms with E-state index in [1.807, 2.05) is 0 Å². The summed E-state index contributed by atoms with van der Waals surface area (Å²) in [6.45, 7) is 1.47. The van der Waals surface area contributed by atoms with Crippen LogP contribution in [0.1, 0.15) is 12.5 Å². The summed E-state index contributed by atoms with van der Waals surface area (Å²) in [6.07, 6.45) is -1.49. The van der Waals surface area contributed by atoms with Crippen LogP contribution in [-0.4, -0.2) is 29.3 Å². The number of hydrogen-bond donors (Lipinski definition) is 1. The van der Waals surface area contributed by atoms with E-state index in [2.05, 4.69) is 0 Å². The molecule has 1 heterocycles. The number of hydrogen-bond acceptors (Lipinski definition) is 5. The summed E-state index contributed by atoms with van der Waals surface area (Å²) in [4.78, 5) is 22.7. The van der Waals surface area contributed by atoms with Crippen LogP contribution in [0.2, 0.25) is 0 Å². The fourth-order valence-corrected chi connectivity index (χ4v) is 1.55. The number of esters is 2. The van der Waals surface area contributed by atoms with Crippen LogP contribution in [0.5, 0.6) is 5.75 Å². The summed E-state index contributed by atoms with van der Waals surface area (Å²) in [7, 11) is 0. The molecule has 0 amide bonds. The van der Waals surface area contributed by atoms with Crippen molar-refractivity contribution in [3.63, 3.8) is 0 Å². The predicted octanol–water partition coefficient (Wildman–Crippen LogP) is 0.792. The molecule has 17 heavy (non-hydrogen) atoms. The van der Waals surface area contributed by atoms with Crippen molar-refractivity contribution < 1.29 is 24.2 Å². The molecule has 1 N–H and O–H groups in total. The summed E-state index contributed by atoms with van der Waals surface area (Å²) in [5, 5.41) is 9.11. The Morgan fingerprint density at radius 3 is 2.41 bits per heavy atom. The first-order valence-corrected chi connectivity index (χ1v) is 5.25. The number of carbonyl (C=O) groups excluding carboxylic acids is 2. The van der Waals surface area contributed by atoms with Crippen LogP contribution in [0.4, 0.5) is 0 Å². The number of phenolic OH excluding ortho intramolecular Hbond substituents is 1. The second-order valence-electron chi connectivity index (χ2n) is 3.88. The summed E-state index contributed by atoms with van der Waals surface area (Å²) in [5.41, 5.74) is 0.784. The zero-order chi connectivity index (χ0) is 12.4. The molecule has 90 valence electrons. The summed E-state index contributed by atoms with van der Waals surface area (Å²) in [6, 6.07) is 6.34. The summed E-state index contributed by atoms with van der Waals surface area (Å²) in [5.74, 6) is -0.927. The number of benzene rings is 1. The molecule has 2 atom stereocenters. The molecule has 1 unspecified atom stereocenters. The Hall–Kier alpha value is -2.04. The van der Waals surface area contributed by atoms with Gasteiger partial charge in [0.15, 0.2) is 6.10 Å². The van der Waals surface area contributed by atoms with Crippen LogP contribution in [0, 0.1) is 0 Å². The van der Waals surface area contributed by atoms with Gasteiger partial charge in [-0.1, -0.05) is 12.1 Å². The fraction of sp³-hybridized carbons (Fsp3) is 0.333. The second-order valence-corrected chi connectivity index (χ2v) is 3.88. The lowest BCUT2D eigenvalue weighted by atomic mass is 10.1. The monoisotopic (exact) mass is 236 g/mol. The summed E-state index contributed by atoms with van der Waals surface area (Å²) < 4.78 is 9.81. The van der Waals surface area contributed by atoms with Crippen LogP contribution >= 0.6 is 0 Å². The van der Waals surface area contributed by atoms with Crippen LogP contribution in [-0.2, 0) is 25.5 Å². The van der Waals surface area contributed by atoms with Gasteiger partial charge >= 0.3 is 11.9 Å². The van der Waals surface area contributed by atoms with Crippen molar-refractivity contribution in [1.82, 2.24) is 0 Å². The molecule has 5 heteroatoms. The highest BCUT2D eigenvalue weighted by molar-refractivity contribution is 5.87. The smallest absolute Gasteiger partial charge is 0.348 e. The van der Waals surface area contributed by atoms with Gasteiger partial charge in [-0.3, -0.25) is 0 Å². The molecule has 1 aliphatic rings. The number of cyclic esters (lactones) is 2. The third-order valence-corrected chi connectivity index (χ3v) is 2.50. The zero-order valence-electron chi connectivity index (χ0n) is 9.25. The van der Waals surface area contributed by atoms with Gasteiger partial charge in [0.05, 0.1) is 0 Å². The number of carbonyl (C=O) groups is 2. The minimum Gasteiger partial charge on any atom is -0.508 e. The topological polar surface area (TPSA) is 72.8 Å². The van der Waals surface area contributed by atoms with E-state index in [0.29, 0.717) is 0 Å². The molecule has 0 saturated carbocycles. The van der Waals surface area contributed by atoms with Crippen LogP contribution in [0.3, 0.4) is 0 Å². The van der Waals surface area contributed by atoms with E-state index in [4.69, 9.17) is 14.6 Å². The van der Waals surface area contributed by atoms with E-state index in [1.165, 1.54) is 19.1 Å². The normalized spacial score (nSPS) is 24.1. The van der Waals surface area contributed by atoms with E-state index in [9.17, 15) is 9.59 Å². The Bertz CT molecular complexity index is 437. The van der Waals surface area contributed by atoms with E-state index in [1.54, 1.807) is 12.1 Å². The molecule has 2 rings (SSSR count). The van der Waals surface area contributed by atoms with Gasteiger partial charge in [0, 0.05) is 6.42 Å². The van der Waals surface area contributed by atoms with E-state index < -0.39 is 24.1 Å². The van der Waals surface area contributed by atoms with Gasteiger partial charge in [-0.25, -0.2) is 9.59 Å². The standard InChI is InChI=1S/C12H12O5/c1-7-11(14)17-10(12(15)16-7)6-8-2-4-9(13)5-3-8/h2-5,7,10,13H,6H2,1H3/t7?,10-/m1/s1. The van der Waals surface area contributed by atoms with Crippen molar-refractivity contribution in [2.24, 2.45) is 0 Å². The second kappa shape index (κ2) is 4.45.